The lowest BCUT2D eigenvalue weighted by molar-refractivity contribution is -0.137. The Morgan fingerprint density at radius 2 is 1.79 bits per heavy atom. The number of hydrogen-bond donors (Lipinski definition) is 3. The quantitative estimate of drug-likeness (QED) is 0.547. The van der Waals surface area contributed by atoms with Crippen molar-refractivity contribution in [2.45, 2.75) is 50.5 Å². The first kappa shape index (κ1) is 22.9. The Labute approximate surface area is 187 Å². The summed E-state index contributed by atoms with van der Waals surface area (Å²) in [5.74, 6) is -0.445. The van der Waals surface area contributed by atoms with Crippen LogP contribution < -0.4 is 5.32 Å². The van der Waals surface area contributed by atoms with Crippen LogP contribution in [-0.2, 0) is 11.8 Å². The van der Waals surface area contributed by atoms with Crippen molar-refractivity contribution in [3.63, 3.8) is 0 Å². The molecule has 1 aliphatic rings. The van der Waals surface area contributed by atoms with E-state index in [1.165, 1.54) is 29.2 Å². The first-order chi connectivity index (χ1) is 15.6. The van der Waals surface area contributed by atoms with Crippen molar-refractivity contribution < 1.29 is 28.2 Å². The van der Waals surface area contributed by atoms with Gasteiger partial charge in [0.15, 0.2) is 0 Å². The minimum Gasteiger partial charge on any atom is -0.393 e. The third-order valence-corrected chi connectivity index (χ3v) is 5.97. The van der Waals surface area contributed by atoms with Crippen LogP contribution in [0.25, 0.3) is 5.69 Å². The van der Waals surface area contributed by atoms with Gasteiger partial charge in [0.1, 0.15) is 5.60 Å². The van der Waals surface area contributed by atoms with Crippen LogP contribution in [0.2, 0.25) is 0 Å². The first-order valence-electron chi connectivity index (χ1n) is 10.5. The van der Waals surface area contributed by atoms with Crippen molar-refractivity contribution >= 4 is 11.6 Å². The number of hydrogen-bond acceptors (Lipinski definition) is 5. The van der Waals surface area contributed by atoms with Crippen molar-refractivity contribution in [1.82, 2.24) is 14.8 Å². The van der Waals surface area contributed by atoms with Crippen LogP contribution in [0.5, 0.6) is 0 Å². The Morgan fingerprint density at radius 1 is 1.12 bits per heavy atom. The highest BCUT2D eigenvalue weighted by atomic mass is 19.4. The molecule has 0 aliphatic heterocycles. The summed E-state index contributed by atoms with van der Waals surface area (Å²) in [5, 5.41) is 27.3. The largest absolute Gasteiger partial charge is 0.416 e. The van der Waals surface area contributed by atoms with Gasteiger partial charge >= 0.3 is 6.18 Å². The minimum atomic E-state index is -4.43. The third kappa shape index (κ3) is 4.76. The van der Waals surface area contributed by atoms with E-state index in [1.54, 1.807) is 19.1 Å². The summed E-state index contributed by atoms with van der Waals surface area (Å²) < 4.78 is 39.7. The molecular weight excluding hydrogens is 437 g/mol. The van der Waals surface area contributed by atoms with E-state index in [9.17, 15) is 28.2 Å². The molecule has 0 unspecified atom stereocenters. The van der Waals surface area contributed by atoms with Crippen LogP contribution in [0.15, 0.2) is 48.8 Å². The molecule has 10 heteroatoms. The lowest BCUT2D eigenvalue weighted by Gasteiger charge is -2.33. The minimum absolute atomic E-state index is 0.263. The lowest BCUT2D eigenvalue weighted by Crippen LogP contribution is -2.34. The van der Waals surface area contributed by atoms with Crippen molar-refractivity contribution in [2.24, 2.45) is 0 Å². The second kappa shape index (κ2) is 8.60. The molecule has 1 amide bonds. The predicted molar refractivity (Wildman–Crippen MR) is 114 cm³/mol. The van der Waals surface area contributed by atoms with Gasteiger partial charge in [0.2, 0.25) is 0 Å². The summed E-state index contributed by atoms with van der Waals surface area (Å²) in [6.45, 7) is 1.65. The van der Waals surface area contributed by atoms with E-state index < -0.39 is 29.4 Å². The molecule has 0 spiro atoms. The van der Waals surface area contributed by atoms with Gasteiger partial charge < -0.3 is 15.5 Å². The molecule has 174 valence electrons. The summed E-state index contributed by atoms with van der Waals surface area (Å²) in [6, 6.07) is 7.80. The number of anilines is 1. The monoisotopic (exact) mass is 460 g/mol. The molecule has 1 aliphatic carbocycles. The average molecular weight is 460 g/mol. The van der Waals surface area contributed by atoms with Crippen LogP contribution in [0.1, 0.15) is 53.0 Å². The van der Waals surface area contributed by atoms with E-state index >= 15 is 0 Å². The first-order valence-corrected chi connectivity index (χ1v) is 10.5. The summed E-state index contributed by atoms with van der Waals surface area (Å²) in [7, 11) is 0. The van der Waals surface area contributed by atoms with Crippen LogP contribution >= 0.6 is 0 Å². The van der Waals surface area contributed by atoms with E-state index in [4.69, 9.17) is 0 Å². The van der Waals surface area contributed by atoms with Gasteiger partial charge in [0.05, 0.1) is 52.4 Å². The van der Waals surface area contributed by atoms with E-state index in [2.05, 4.69) is 15.4 Å². The molecule has 3 aromatic rings. The Bertz CT molecular complexity index is 1130. The maximum Gasteiger partial charge on any atom is 0.416 e. The number of carbonyl (C=O) groups is 1. The highest BCUT2D eigenvalue weighted by Gasteiger charge is 2.35. The van der Waals surface area contributed by atoms with Gasteiger partial charge in [-0.05, 0) is 69.0 Å². The highest BCUT2D eigenvalue weighted by Crippen LogP contribution is 2.36. The lowest BCUT2D eigenvalue weighted by atomic mass is 9.81. The number of amides is 1. The topological polar surface area (TPSA) is 100 Å². The van der Waals surface area contributed by atoms with E-state index in [1.807, 2.05) is 0 Å². The fourth-order valence-electron chi connectivity index (χ4n) is 3.96. The molecule has 1 fully saturated rings. The Kier molecular flexibility index (Phi) is 5.98. The van der Waals surface area contributed by atoms with Gasteiger partial charge in [-0.15, -0.1) is 0 Å². The number of aliphatic hydroxyl groups excluding tert-OH is 1. The van der Waals surface area contributed by atoms with Gasteiger partial charge in [0, 0.05) is 0 Å². The molecule has 33 heavy (non-hydrogen) atoms. The third-order valence-electron chi connectivity index (χ3n) is 5.97. The number of rotatable bonds is 4. The number of pyridine rings is 1. The number of nitrogens with zero attached hydrogens (tertiary/aromatic N) is 3. The maximum absolute atomic E-state index is 12.8. The van der Waals surface area contributed by atoms with Gasteiger partial charge in [0.25, 0.3) is 5.91 Å². The zero-order valence-electron chi connectivity index (χ0n) is 17.8. The molecule has 2 heterocycles. The number of benzene rings is 1. The van der Waals surface area contributed by atoms with Crippen molar-refractivity contribution in [3.05, 3.63) is 71.3 Å². The number of carbonyl (C=O) groups excluding carboxylic acids is 1. The van der Waals surface area contributed by atoms with Crippen molar-refractivity contribution in [3.8, 4) is 5.69 Å². The van der Waals surface area contributed by atoms with Gasteiger partial charge in [-0.3, -0.25) is 9.78 Å². The molecule has 2 aromatic heterocycles. The molecule has 0 radical (unpaired) electrons. The molecule has 3 N–H and O–H groups in total. The molecule has 0 atom stereocenters. The molecular formula is C23H23F3N4O3. The number of alkyl halides is 3. The zero-order valence-corrected chi connectivity index (χ0v) is 17.8. The summed E-state index contributed by atoms with van der Waals surface area (Å²) in [6.07, 6.45) is -0.218. The van der Waals surface area contributed by atoms with Crippen LogP contribution in [0, 0.1) is 6.92 Å². The molecule has 1 saturated carbocycles. The van der Waals surface area contributed by atoms with Gasteiger partial charge in [-0.1, -0.05) is 0 Å². The number of nitrogens with one attached hydrogen (secondary N) is 1. The average Bonchev–Trinajstić information content (AvgIpc) is 3.17. The van der Waals surface area contributed by atoms with Crippen LogP contribution in [0.4, 0.5) is 18.9 Å². The predicted octanol–water partition coefficient (Wildman–Crippen LogP) is 3.97. The highest BCUT2D eigenvalue weighted by molar-refractivity contribution is 6.04. The smallest absolute Gasteiger partial charge is 0.393 e. The molecule has 7 nitrogen and oxygen atoms in total. The van der Waals surface area contributed by atoms with Gasteiger partial charge in [-0.2, -0.15) is 18.3 Å². The van der Waals surface area contributed by atoms with Crippen molar-refractivity contribution in [1.29, 1.82) is 0 Å². The number of halogens is 3. The SMILES string of the molecule is Cc1c(C(=O)Nc2ccc(C3(O)CCC(O)CC3)nc2)cnn1-c1ccc(C(F)(F)F)cc1. The number of aromatic nitrogens is 3. The van der Waals surface area contributed by atoms with Crippen LogP contribution in [0.3, 0.4) is 0 Å². The summed E-state index contributed by atoms with van der Waals surface area (Å²) >= 11 is 0. The standard InChI is InChI=1S/C23H23F3N4O3/c1-14-19(13-28-30(14)17-5-2-15(3-6-17)23(24,25)26)21(32)29-16-4-7-20(27-12-16)22(33)10-8-18(31)9-11-22/h2-7,12-13,18,31,33H,8-11H2,1H3,(H,29,32). The van der Waals surface area contributed by atoms with E-state index in [0.29, 0.717) is 48.4 Å². The van der Waals surface area contributed by atoms with E-state index in [0.717, 1.165) is 12.1 Å². The fourth-order valence-corrected chi connectivity index (χ4v) is 3.96. The maximum atomic E-state index is 12.8. The fraction of sp³-hybridized carbons (Fsp3) is 0.348. The Hall–Kier alpha value is -3.24. The summed E-state index contributed by atoms with van der Waals surface area (Å²) in [5.41, 5.74) is 0.172. The molecule has 4 rings (SSSR count). The Morgan fingerprint density at radius 3 is 2.36 bits per heavy atom. The second-order valence-corrected chi connectivity index (χ2v) is 8.25. The second-order valence-electron chi connectivity index (χ2n) is 8.25. The van der Waals surface area contributed by atoms with Gasteiger partial charge in [-0.25, -0.2) is 4.68 Å². The zero-order chi connectivity index (χ0) is 23.8. The normalized spacial score (nSPS) is 21.1. The number of aliphatic hydroxyl groups is 2. The van der Waals surface area contributed by atoms with Crippen molar-refractivity contribution in [2.75, 3.05) is 5.32 Å². The Balaban J connectivity index is 1.47. The van der Waals surface area contributed by atoms with E-state index in [-0.39, 0.29) is 5.56 Å². The summed E-state index contributed by atoms with van der Waals surface area (Å²) in [4.78, 5) is 17.0. The van der Waals surface area contributed by atoms with Crippen LogP contribution in [-0.4, -0.2) is 37.0 Å². The molecule has 1 aromatic carbocycles. The molecule has 0 bridgehead atoms. The molecule has 0 saturated heterocycles.